The first-order valence-corrected chi connectivity index (χ1v) is 6.63. The zero-order valence-electron chi connectivity index (χ0n) is 10.7. The number of benzene rings is 1. The summed E-state index contributed by atoms with van der Waals surface area (Å²) in [5.74, 6) is 0. The summed E-state index contributed by atoms with van der Waals surface area (Å²) < 4.78 is 5.81. The number of aryl methyl sites for hydroxylation is 1. The van der Waals surface area contributed by atoms with Gasteiger partial charge in [0.1, 0.15) is 6.10 Å². The second-order valence-electron chi connectivity index (χ2n) is 4.93. The lowest BCUT2D eigenvalue weighted by atomic mass is 9.95. The van der Waals surface area contributed by atoms with Crippen LogP contribution in [0.5, 0.6) is 0 Å². The number of rotatable bonds is 5. The zero-order valence-corrected chi connectivity index (χ0v) is 10.7. The van der Waals surface area contributed by atoms with Crippen LogP contribution in [-0.2, 0) is 11.2 Å². The molecule has 2 rings (SSSR count). The van der Waals surface area contributed by atoms with Crippen molar-refractivity contribution in [1.29, 1.82) is 0 Å². The summed E-state index contributed by atoms with van der Waals surface area (Å²) in [6.07, 6.45) is 4.32. The monoisotopic (exact) mass is 234 g/mol. The highest BCUT2D eigenvalue weighted by atomic mass is 16.5. The van der Waals surface area contributed by atoms with Crippen LogP contribution in [0.15, 0.2) is 24.3 Å². The summed E-state index contributed by atoms with van der Waals surface area (Å²) in [7, 11) is 0. The molecule has 2 unspecified atom stereocenters. The number of aliphatic hydroxyl groups excluding tert-OH is 1. The van der Waals surface area contributed by atoms with E-state index in [-0.39, 0.29) is 6.10 Å². The van der Waals surface area contributed by atoms with Crippen molar-refractivity contribution < 1.29 is 9.84 Å². The summed E-state index contributed by atoms with van der Waals surface area (Å²) in [6, 6.07) is 8.16. The van der Waals surface area contributed by atoms with Crippen molar-refractivity contribution >= 4 is 0 Å². The van der Waals surface area contributed by atoms with Gasteiger partial charge < -0.3 is 9.84 Å². The molecule has 0 bridgehead atoms. The smallest absolute Gasteiger partial charge is 0.105 e. The second kappa shape index (κ2) is 5.65. The maximum absolute atomic E-state index is 10.2. The molecule has 0 aliphatic heterocycles. The first kappa shape index (κ1) is 12.6. The summed E-state index contributed by atoms with van der Waals surface area (Å²) in [4.78, 5) is 0. The van der Waals surface area contributed by atoms with Crippen LogP contribution in [0.3, 0.4) is 0 Å². The Kier molecular flexibility index (Phi) is 4.19. The minimum Gasteiger partial charge on any atom is -0.386 e. The van der Waals surface area contributed by atoms with Gasteiger partial charge in [0, 0.05) is 0 Å². The average Bonchev–Trinajstić information content (AvgIpc) is 2.32. The number of hydrogen-bond acceptors (Lipinski definition) is 2. The van der Waals surface area contributed by atoms with Crippen molar-refractivity contribution in [3.8, 4) is 0 Å². The molecule has 0 amide bonds. The van der Waals surface area contributed by atoms with Gasteiger partial charge in [-0.25, -0.2) is 0 Å². The highest BCUT2D eigenvalue weighted by Gasteiger charge is 2.24. The second-order valence-corrected chi connectivity index (χ2v) is 4.93. The van der Waals surface area contributed by atoms with Gasteiger partial charge in [-0.1, -0.05) is 31.2 Å². The first-order valence-electron chi connectivity index (χ1n) is 6.63. The highest BCUT2D eigenvalue weighted by molar-refractivity contribution is 5.24. The molecular weight excluding hydrogens is 212 g/mol. The van der Waals surface area contributed by atoms with E-state index in [9.17, 15) is 5.11 Å². The van der Waals surface area contributed by atoms with E-state index in [2.05, 4.69) is 19.1 Å². The molecule has 0 spiro atoms. The molecule has 0 radical (unpaired) electrons. The molecule has 1 aromatic carbocycles. The molecular formula is C15H22O2. The van der Waals surface area contributed by atoms with Gasteiger partial charge in [0.25, 0.3) is 0 Å². The van der Waals surface area contributed by atoms with Gasteiger partial charge in [-0.2, -0.15) is 0 Å². The van der Waals surface area contributed by atoms with Gasteiger partial charge in [0.05, 0.1) is 12.2 Å². The molecule has 0 heterocycles. The van der Waals surface area contributed by atoms with Crippen molar-refractivity contribution in [3.63, 3.8) is 0 Å². The molecule has 0 saturated heterocycles. The van der Waals surface area contributed by atoms with Crippen LogP contribution in [0, 0.1) is 0 Å². The Labute approximate surface area is 104 Å². The van der Waals surface area contributed by atoms with Crippen molar-refractivity contribution in [2.75, 3.05) is 0 Å². The molecule has 1 N–H and O–H groups in total. The Bertz CT molecular complexity index is 340. The number of ether oxygens (including phenoxy) is 1. The van der Waals surface area contributed by atoms with Crippen molar-refractivity contribution in [3.05, 3.63) is 35.4 Å². The fourth-order valence-corrected chi connectivity index (χ4v) is 2.11. The van der Waals surface area contributed by atoms with Crippen LogP contribution >= 0.6 is 0 Å². The van der Waals surface area contributed by atoms with Crippen LogP contribution in [0.25, 0.3) is 0 Å². The molecule has 94 valence electrons. The molecule has 0 aromatic heterocycles. The largest absolute Gasteiger partial charge is 0.386 e. The predicted octanol–water partition coefficient (Wildman–Crippen LogP) is 3.24. The third kappa shape index (κ3) is 3.08. The van der Waals surface area contributed by atoms with Crippen molar-refractivity contribution in [2.24, 2.45) is 0 Å². The minimum absolute atomic E-state index is 0.118. The number of aliphatic hydroxyl groups is 1. The first-order chi connectivity index (χ1) is 8.20. The van der Waals surface area contributed by atoms with Gasteiger partial charge in [0.2, 0.25) is 0 Å². The Morgan fingerprint density at radius 2 is 1.94 bits per heavy atom. The quantitative estimate of drug-likeness (QED) is 0.847. The normalized spacial score (nSPS) is 19.7. The Balaban J connectivity index is 1.94. The maximum atomic E-state index is 10.2. The fourth-order valence-electron chi connectivity index (χ4n) is 2.11. The van der Waals surface area contributed by atoms with E-state index < -0.39 is 6.10 Å². The lowest BCUT2D eigenvalue weighted by Gasteiger charge is -2.31. The summed E-state index contributed by atoms with van der Waals surface area (Å²) in [5, 5.41) is 10.2. The van der Waals surface area contributed by atoms with Crippen LogP contribution < -0.4 is 0 Å². The standard InChI is InChI=1S/C15H22O2/c1-3-12-7-9-13(10-8-12)15(16)11(2)17-14-5-4-6-14/h7-11,14-16H,3-6H2,1-2H3. The van der Waals surface area contributed by atoms with E-state index in [1.165, 1.54) is 12.0 Å². The molecule has 1 aliphatic carbocycles. The van der Waals surface area contributed by atoms with E-state index in [4.69, 9.17) is 4.74 Å². The minimum atomic E-state index is -0.512. The third-order valence-electron chi connectivity index (χ3n) is 3.63. The molecule has 2 heteroatoms. The Morgan fingerprint density at radius 1 is 1.29 bits per heavy atom. The molecule has 17 heavy (non-hydrogen) atoms. The SMILES string of the molecule is CCc1ccc(C(O)C(C)OC2CCC2)cc1. The van der Waals surface area contributed by atoms with Gasteiger partial charge in [-0.3, -0.25) is 0 Å². The van der Waals surface area contributed by atoms with E-state index in [0.717, 1.165) is 24.8 Å². The molecule has 2 atom stereocenters. The van der Waals surface area contributed by atoms with Crippen LogP contribution in [-0.4, -0.2) is 17.3 Å². The van der Waals surface area contributed by atoms with Crippen LogP contribution in [0.2, 0.25) is 0 Å². The van der Waals surface area contributed by atoms with E-state index in [1.54, 1.807) is 0 Å². The van der Waals surface area contributed by atoms with Gasteiger partial charge in [0.15, 0.2) is 0 Å². The van der Waals surface area contributed by atoms with E-state index in [0.29, 0.717) is 6.10 Å². The molecule has 1 saturated carbocycles. The van der Waals surface area contributed by atoms with E-state index >= 15 is 0 Å². The Morgan fingerprint density at radius 3 is 2.41 bits per heavy atom. The van der Waals surface area contributed by atoms with Crippen molar-refractivity contribution in [2.45, 2.75) is 57.8 Å². The van der Waals surface area contributed by atoms with E-state index in [1.807, 2.05) is 19.1 Å². The zero-order chi connectivity index (χ0) is 12.3. The fraction of sp³-hybridized carbons (Fsp3) is 0.600. The Hall–Kier alpha value is -0.860. The summed E-state index contributed by atoms with van der Waals surface area (Å²) in [5.41, 5.74) is 2.25. The molecule has 2 nitrogen and oxygen atoms in total. The van der Waals surface area contributed by atoms with Crippen LogP contribution in [0.4, 0.5) is 0 Å². The highest BCUT2D eigenvalue weighted by Crippen LogP contribution is 2.27. The predicted molar refractivity (Wildman–Crippen MR) is 69.0 cm³/mol. The average molecular weight is 234 g/mol. The summed E-state index contributed by atoms with van der Waals surface area (Å²) in [6.45, 7) is 4.09. The van der Waals surface area contributed by atoms with Gasteiger partial charge in [-0.05, 0) is 43.7 Å². The maximum Gasteiger partial charge on any atom is 0.105 e. The van der Waals surface area contributed by atoms with Crippen molar-refractivity contribution in [1.82, 2.24) is 0 Å². The van der Waals surface area contributed by atoms with Gasteiger partial charge in [-0.15, -0.1) is 0 Å². The molecule has 1 aliphatic rings. The lowest BCUT2D eigenvalue weighted by molar-refractivity contribution is -0.0944. The lowest BCUT2D eigenvalue weighted by Crippen LogP contribution is -2.29. The molecule has 1 aromatic rings. The van der Waals surface area contributed by atoms with Gasteiger partial charge >= 0.3 is 0 Å². The number of hydrogen-bond donors (Lipinski definition) is 1. The molecule has 1 fully saturated rings. The topological polar surface area (TPSA) is 29.5 Å². The van der Waals surface area contributed by atoms with Crippen LogP contribution in [0.1, 0.15) is 50.3 Å². The third-order valence-corrected chi connectivity index (χ3v) is 3.63. The summed E-state index contributed by atoms with van der Waals surface area (Å²) >= 11 is 0.